The van der Waals surface area contributed by atoms with Gasteiger partial charge in [-0.25, -0.2) is 0 Å². The van der Waals surface area contributed by atoms with E-state index in [0.717, 1.165) is 5.57 Å². The molecule has 0 amide bonds. The summed E-state index contributed by atoms with van der Waals surface area (Å²) in [5.74, 6) is -0.193. The fraction of sp³-hybridized carbons (Fsp3) is 0.600. The molecule has 0 spiro atoms. The predicted octanol–water partition coefficient (Wildman–Crippen LogP) is 1.36. The maximum atomic E-state index is 11.4. The minimum absolute atomic E-state index is 0.00463. The fourth-order valence-corrected chi connectivity index (χ4v) is 2.68. The Balaban J connectivity index is 2.53. The number of hydrogen-bond acceptors (Lipinski definition) is 2. The van der Waals surface area contributed by atoms with Crippen molar-refractivity contribution in [3.8, 4) is 0 Å². The van der Waals surface area contributed by atoms with Crippen LogP contribution in [0.25, 0.3) is 0 Å². The molecule has 0 N–H and O–H groups in total. The van der Waals surface area contributed by atoms with Gasteiger partial charge in [0.05, 0.1) is 5.92 Å². The molecule has 2 unspecified atom stereocenters. The van der Waals surface area contributed by atoms with Gasteiger partial charge in [0.25, 0.3) is 0 Å². The molecule has 0 heterocycles. The lowest BCUT2D eigenvalue weighted by atomic mass is 9.48. The summed E-state index contributed by atoms with van der Waals surface area (Å²) in [5, 5.41) is 0. The van der Waals surface area contributed by atoms with Crippen molar-refractivity contribution in [2.45, 2.75) is 20.8 Å². The van der Waals surface area contributed by atoms with Gasteiger partial charge in [-0.05, 0) is 18.4 Å². The number of rotatable bonds is 0. The molecule has 3 rings (SSSR count). The SMILES string of the molecule is CC1=CC(=O)C2C(=O)C1C2(C)C. The molecular weight excluding hydrogens is 152 g/mol. The Kier molecular flexibility index (Phi) is 1.20. The van der Waals surface area contributed by atoms with E-state index in [4.69, 9.17) is 0 Å². The van der Waals surface area contributed by atoms with Crippen molar-refractivity contribution in [3.05, 3.63) is 11.6 Å². The molecule has 64 valence electrons. The van der Waals surface area contributed by atoms with Crippen LogP contribution in [0.1, 0.15) is 20.8 Å². The lowest BCUT2D eigenvalue weighted by Crippen LogP contribution is -2.60. The number of carbonyl (C=O) groups excluding carboxylic acids is 2. The third kappa shape index (κ3) is 0.614. The van der Waals surface area contributed by atoms with E-state index in [9.17, 15) is 9.59 Å². The lowest BCUT2D eigenvalue weighted by molar-refractivity contribution is -0.156. The van der Waals surface area contributed by atoms with Crippen LogP contribution in [0.5, 0.6) is 0 Å². The Morgan fingerprint density at radius 1 is 1.25 bits per heavy atom. The lowest BCUT2D eigenvalue weighted by Gasteiger charge is -2.52. The summed E-state index contributed by atoms with van der Waals surface area (Å²) in [6.07, 6.45) is 1.63. The van der Waals surface area contributed by atoms with E-state index in [1.165, 1.54) is 0 Å². The average molecular weight is 164 g/mol. The molecule has 3 aliphatic carbocycles. The number of Topliss-reactive ketones (excluding diaryl/α,β-unsaturated/α-hetero) is 1. The molecule has 0 aromatic carbocycles. The van der Waals surface area contributed by atoms with Gasteiger partial charge in [-0.3, -0.25) is 9.59 Å². The van der Waals surface area contributed by atoms with Crippen LogP contribution in [0, 0.1) is 17.3 Å². The molecular formula is C10H12O2. The van der Waals surface area contributed by atoms with E-state index in [2.05, 4.69) is 0 Å². The fourth-order valence-electron chi connectivity index (χ4n) is 2.68. The van der Waals surface area contributed by atoms with Crippen LogP contribution in [-0.4, -0.2) is 11.6 Å². The van der Waals surface area contributed by atoms with Crippen molar-refractivity contribution < 1.29 is 9.59 Å². The number of fused-ring (bicyclic) bond motifs is 1. The first-order valence-electron chi connectivity index (χ1n) is 4.22. The summed E-state index contributed by atoms with van der Waals surface area (Å²) in [5.41, 5.74) is 0.824. The summed E-state index contributed by atoms with van der Waals surface area (Å²) in [7, 11) is 0. The third-order valence-corrected chi connectivity index (χ3v) is 3.17. The average Bonchev–Trinajstić information content (AvgIpc) is 1.81. The minimum Gasteiger partial charge on any atom is -0.298 e. The van der Waals surface area contributed by atoms with Crippen LogP contribution >= 0.6 is 0 Å². The smallest absolute Gasteiger partial charge is 0.166 e. The van der Waals surface area contributed by atoms with Crippen LogP contribution in [-0.2, 0) is 9.59 Å². The number of hydrogen-bond donors (Lipinski definition) is 0. The predicted molar refractivity (Wildman–Crippen MR) is 44.5 cm³/mol. The van der Waals surface area contributed by atoms with Gasteiger partial charge in [0.1, 0.15) is 0 Å². The zero-order valence-electron chi connectivity index (χ0n) is 7.55. The molecule has 0 aliphatic heterocycles. The third-order valence-electron chi connectivity index (χ3n) is 3.17. The largest absolute Gasteiger partial charge is 0.298 e. The number of carbonyl (C=O) groups is 2. The quantitative estimate of drug-likeness (QED) is 0.506. The molecule has 1 fully saturated rings. The van der Waals surface area contributed by atoms with Crippen molar-refractivity contribution in [2.24, 2.45) is 17.3 Å². The second-order valence-electron chi connectivity index (χ2n) is 4.38. The van der Waals surface area contributed by atoms with Crippen LogP contribution < -0.4 is 0 Å². The van der Waals surface area contributed by atoms with E-state index in [1.54, 1.807) is 6.08 Å². The summed E-state index contributed by atoms with van der Waals surface area (Å²) < 4.78 is 0. The van der Waals surface area contributed by atoms with Crippen molar-refractivity contribution in [1.82, 2.24) is 0 Å². The molecule has 2 heteroatoms. The van der Waals surface area contributed by atoms with Crippen molar-refractivity contribution in [2.75, 3.05) is 0 Å². The van der Waals surface area contributed by atoms with Crippen molar-refractivity contribution in [3.63, 3.8) is 0 Å². The van der Waals surface area contributed by atoms with Gasteiger partial charge in [-0.2, -0.15) is 0 Å². The monoisotopic (exact) mass is 164 g/mol. The maximum Gasteiger partial charge on any atom is 0.166 e. The highest BCUT2D eigenvalue weighted by atomic mass is 16.2. The van der Waals surface area contributed by atoms with Gasteiger partial charge >= 0.3 is 0 Å². The molecule has 0 saturated heterocycles. The molecule has 0 radical (unpaired) electrons. The van der Waals surface area contributed by atoms with Crippen molar-refractivity contribution in [1.29, 1.82) is 0 Å². The highest BCUT2D eigenvalue weighted by Gasteiger charge is 2.61. The van der Waals surface area contributed by atoms with Crippen LogP contribution in [0.15, 0.2) is 11.6 Å². The van der Waals surface area contributed by atoms with Gasteiger partial charge in [-0.15, -0.1) is 0 Å². The topological polar surface area (TPSA) is 34.1 Å². The van der Waals surface area contributed by atoms with E-state index < -0.39 is 0 Å². The van der Waals surface area contributed by atoms with E-state index >= 15 is 0 Å². The highest BCUT2D eigenvalue weighted by Crippen LogP contribution is 2.54. The summed E-state index contributed by atoms with van der Waals surface area (Å²) in [4.78, 5) is 22.8. The summed E-state index contributed by atoms with van der Waals surface area (Å²) >= 11 is 0. The van der Waals surface area contributed by atoms with Crippen molar-refractivity contribution >= 4 is 11.6 Å². The molecule has 2 bridgehead atoms. The zero-order chi connectivity index (χ0) is 9.09. The van der Waals surface area contributed by atoms with Crippen LogP contribution in [0.3, 0.4) is 0 Å². The first-order chi connectivity index (χ1) is 5.46. The molecule has 2 atom stereocenters. The second-order valence-corrected chi connectivity index (χ2v) is 4.38. The van der Waals surface area contributed by atoms with Gasteiger partial charge in [0.15, 0.2) is 11.6 Å². The van der Waals surface area contributed by atoms with E-state index in [-0.39, 0.29) is 28.8 Å². The van der Waals surface area contributed by atoms with Crippen LogP contribution in [0.2, 0.25) is 0 Å². The van der Waals surface area contributed by atoms with E-state index in [1.807, 2.05) is 20.8 Å². The van der Waals surface area contributed by atoms with Gasteiger partial charge in [0.2, 0.25) is 0 Å². The number of allylic oxidation sites excluding steroid dienone is 2. The normalized spacial score (nSPS) is 37.4. The number of ketones is 2. The van der Waals surface area contributed by atoms with Gasteiger partial charge < -0.3 is 0 Å². The van der Waals surface area contributed by atoms with Gasteiger partial charge in [0, 0.05) is 5.92 Å². The Bertz CT molecular complexity index is 310. The molecule has 0 aromatic rings. The summed E-state index contributed by atoms with van der Waals surface area (Å²) in [6, 6.07) is 0. The first kappa shape index (κ1) is 7.71. The second kappa shape index (κ2) is 1.87. The van der Waals surface area contributed by atoms with Gasteiger partial charge in [-0.1, -0.05) is 19.4 Å². The zero-order valence-corrected chi connectivity index (χ0v) is 7.55. The maximum absolute atomic E-state index is 11.4. The van der Waals surface area contributed by atoms with Crippen LogP contribution in [0.4, 0.5) is 0 Å². The molecule has 1 saturated carbocycles. The molecule has 12 heavy (non-hydrogen) atoms. The molecule has 3 aliphatic rings. The highest BCUT2D eigenvalue weighted by molar-refractivity contribution is 6.17. The Labute approximate surface area is 71.6 Å². The summed E-state index contributed by atoms with van der Waals surface area (Å²) in [6.45, 7) is 5.87. The molecule has 2 nitrogen and oxygen atoms in total. The Morgan fingerprint density at radius 3 is 2.17 bits per heavy atom. The minimum atomic E-state index is -0.341. The van der Waals surface area contributed by atoms with E-state index in [0.29, 0.717) is 0 Å². The standard InChI is InChI=1S/C10H12O2/c1-5-4-6(11)8-9(12)7(5)10(8,2)3/h4,7-8H,1-3H3. The molecule has 0 aromatic heterocycles. The Hall–Kier alpha value is -0.920. The Morgan fingerprint density at radius 2 is 1.83 bits per heavy atom. The first-order valence-corrected chi connectivity index (χ1v) is 4.22.